The number of aliphatic hydroxyl groups is 1. The van der Waals surface area contributed by atoms with Crippen molar-refractivity contribution in [2.24, 2.45) is 0 Å². The minimum atomic E-state index is -0.488. The van der Waals surface area contributed by atoms with Crippen molar-refractivity contribution >= 4 is 0 Å². The normalized spacial score (nSPS) is 16.8. The number of benzene rings is 1. The van der Waals surface area contributed by atoms with Crippen molar-refractivity contribution in [3.63, 3.8) is 0 Å². The molecule has 1 aromatic carbocycles. The van der Waals surface area contributed by atoms with Crippen LogP contribution in [0.15, 0.2) is 24.3 Å². The van der Waals surface area contributed by atoms with Gasteiger partial charge in [-0.15, -0.1) is 12.3 Å². The lowest BCUT2D eigenvalue weighted by Crippen LogP contribution is -2.37. The Morgan fingerprint density at radius 1 is 1.25 bits per heavy atom. The summed E-state index contributed by atoms with van der Waals surface area (Å²) >= 11 is 0. The molecule has 1 aliphatic carbocycles. The van der Waals surface area contributed by atoms with E-state index >= 15 is 0 Å². The fourth-order valence-electron chi connectivity index (χ4n) is 2.58. The van der Waals surface area contributed by atoms with Gasteiger partial charge in [0.25, 0.3) is 0 Å². The first-order valence-electron chi connectivity index (χ1n) is 7.30. The van der Waals surface area contributed by atoms with Gasteiger partial charge >= 0.3 is 0 Å². The second-order valence-corrected chi connectivity index (χ2v) is 5.48. The third kappa shape index (κ3) is 4.56. The van der Waals surface area contributed by atoms with Gasteiger partial charge in [0, 0.05) is 19.5 Å². The van der Waals surface area contributed by atoms with Gasteiger partial charge in [-0.1, -0.05) is 25.0 Å². The van der Waals surface area contributed by atoms with Gasteiger partial charge in [0.1, 0.15) is 5.75 Å². The second kappa shape index (κ2) is 7.33. The van der Waals surface area contributed by atoms with Crippen molar-refractivity contribution in [1.82, 2.24) is 5.32 Å². The van der Waals surface area contributed by atoms with Crippen LogP contribution in [-0.4, -0.2) is 23.9 Å². The van der Waals surface area contributed by atoms with Gasteiger partial charge in [-0.2, -0.15) is 0 Å². The molecule has 1 saturated carbocycles. The molecule has 0 radical (unpaired) electrons. The summed E-state index contributed by atoms with van der Waals surface area (Å²) in [5.41, 5.74) is 0.703. The number of hydrogen-bond donors (Lipinski definition) is 2. The molecule has 3 nitrogen and oxygen atoms in total. The third-order valence-corrected chi connectivity index (χ3v) is 3.76. The topological polar surface area (TPSA) is 41.5 Å². The summed E-state index contributed by atoms with van der Waals surface area (Å²) in [6.07, 6.45) is 9.92. The van der Waals surface area contributed by atoms with Crippen LogP contribution >= 0.6 is 0 Å². The van der Waals surface area contributed by atoms with E-state index in [2.05, 4.69) is 11.2 Å². The SMILES string of the molecule is C#CCCOc1ccc(CNCC2(O)CCCC2)cc1. The van der Waals surface area contributed by atoms with Crippen LogP contribution in [0.3, 0.4) is 0 Å². The van der Waals surface area contributed by atoms with Gasteiger partial charge in [-0.05, 0) is 30.5 Å². The quantitative estimate of drug-likeness (QED) is 0.592. The smallest absolute Gasteiger partial charge is 0.119 e. The first-order chi connectivity index (χ1) is 9.72. The fraction of sp³-hybridized carbons (Fsp3) is 0.529. The minimum absolute atomic E-state index is 0.488. The van der Waals surface area contributed by atoms with E-state index in [1.165, 1.54) is 5.56 Å². The Morgan fingerprint density at radius 2 is 1.95 bits per heavy atom. The van der Waals surface area contributed by atoms with Crippen molar-refractivity contribution in [2.45, 2.75) is 44.2 Å². The Morgan fingerprint density at radius 3 is 2.60 bits per heavy atom. The predicted molar refractivity (Wildman–Crippen MR) is 80.5 cm³/mol. The molecule has 0 aromatic heterocycles. The Balaban J connectivity index is 1.72. The van der Waals surface area contributed by atoms with Gasteiger partial charge in [0.05, 0.1) is 12.2 Å². The summed E-state index contributed by atoms with van der Waals surface area (Å²) in [4.78, 5) is 0. The molecular formula is C17H23NO2. The molecule has 0 amide bonds. The largest absolute Gasteiger partial charge is 0.493 e. The Hall–Kier alpha value is -1.50. The Labute approximate surface area is 121 Å². The van der Waals surface area contributed by atoms with E-state index in [9.17, 15) is 5.11 Å². The van der Waals surface area contributed by atoms with Crippen molar-refractivity contribution in [3.8, 4) is 18.1 Å². The van der Waals surface area contributed by atoms with E-state index in [1.54, 1.807) is 0 Å². The van der Waals surface area contributed by atoms with Gasteiger partial charge < -0.3 is 15.2 Å². The van der Waals surface area contributed by atoms with Crippen LogP contribution in [0, 0.1) is 12.3 Å². The lowest BCUT2D eigenvalue weighted by atomic mass is 10.0. The van der Waals surface area contributed by atoms with Crippen LogP contribution in [0.1, 0.15) is 37.7 Å². The van der Waals surface area contributed by atoms with Gasteiger partial charge in [0.2, 0.25) is 0 Å². The van der Waals surface area contributed by atoms with Crippen LogP contribution in [0.25, 0.3) is 0 Å². The van der Waals surface area contributed by atoms with Crippen LogP contribution in [0.5, 0.6) is 5.75 Å². The van der Waals surface area contributed by atoms with Crippen LogP contribution in [-0.2, 0) is 6.54 Å². The number of nitrogens with one attached hydrogen (secondary N) is 1. The molecule has 0 atom stereocenters. The first kappa shape index (κ1) is 14.9. The highest BCUT2D eigenvalue weighted by molar-refractivity contribution is 5.27. The predicted octanol–water partition coefficient (Wildman–Crippen LogP) is 2.48. The number of hydrogen-bond acceptors (Lipinski definition) is 3. The van der Waals surface area contributed by atoms with Gasteiger partial charge in [0.15, 0.2) is 0 Å². The maximum atomic E-state index is 10.2. The lowest BCUT2D eigenvalue weighted by molar-refractivity contribution is 0.0475. The molecule has 3 heteroatoms. The molecule has 20 heavy (non-hydrogen) atoms. The van der Waals surface area contributed by atoms with E-state index in [0.29, 0.717) is 19.6 Å². The summed E-state index contributed by atoms with van der Waals surface area (Å²) in [7, 11) is 0. The molecule has 2 rings (SSSR count). The minimum Gasteiger partial charge on any atom is -0.493 e. The van der Waals surface area contributed by atoms with Crippen LogP contribution in [0.2, 0.25) is 0 Å². The molecule has 0 aliphatic heterocycles. The van der Waals surface area contributed by atoms with E-state index in [-0.39, 0.29) is 0 Å². The molecule has 1 fully saturated rings. The summed E-state index contributed by atoms with van der Waals surface area (Å²) < 4.78 is 5.50. The third-order valence-electron chi connectivity index (χ3n) is 3.76. The van der Waals surface area contributed by atoms with Gasteiger partial charge in [-0.3, -0.25) is 0 Å². The Kier molecular flexibility index (Phi) is 5.46. The number of terminal acetylenes is 1. The summed E-state index contributed by atoms with van der Waals surface area (Å²) in [6.45, 7) is 2.00. The average Bonchev–Trinajstić information content (AvgIpc) is 2.88. The Bertz CT molecular complexity index is 441. The van der Waals surface area contributed by atoms with Crippen molar-refractivity contribution < 1.29 is 9.84 Å². The van der Waals surface area contributed by atoms with E-state index in [0.717, 1.165) is 38.0 Å². The summed E-state index contributed by atoms with van der Waals surface area (Å²) in [5.74, 6) is 3.39. The maximum Gasteiger partial charge on any atom is 0.119 e. The zero-order valence-electron chi connectivity index (χ0n) is 11.9. The first-order valence-corrected chi connectivity index (χ1v) is 7.30. The highest BCUT2D eigenvalue weighted by atomic mass is 16.5. The monoisotopic (exact) mass is 273 g/mol. The summed E-state index contributed by atoms with van der Waals surface area (Å²) in [6, 6.07) is 7.99. The molecule has 0 unspecified atom stereocenters. The van der Waals surface area contributed by atoms with Crippen molar-refractivity contribution in [3.05, 3.63) is 29.8 Å². The zero-order chi connectivity index (χ0) is 14.3. The lowest BCUT2D eigenvalue weighted by Gasteiger charge is -2.22. The number of ether oxygens (including phenoxy) is 1. The second-order valence-electron chi connectivity index (χ2n) is 5.48. The molecular weight excluding hydrogens is 250 g/mol. The average molecular weight is 273 g/mol. The van der Waals surface area contributed by atoms with Crippen LogP contribution < -0.4 is 10.1 Å². The standard InChI is InChI=1S/C17H23NO2/c1-2-3-12-20-16-8-6-15(7-9-16)13-18-14-17(19)10-4-5-11-17/h1,6-9,18-19H,3-5,10-14H2. The molecule has 108 valence electrons. The van der Waals surface area contributed by atoms with Crippen molar-refractivity contribution in [2.75, 3.05) is 13.2 Å². The van der Waals surface area contributed by atoms with E-state index in [4.69, 9.17) is 11.2 Å². The fourth-order valence-corrected chi connectivity index (χ4v) is 2.58. The summed E-state index contributed by atoms with van der Waals surface area (Å²) in [5, 5.41) is 13.6. The van der Waals surface area contributed by atoms with E-state index in [1.807, 2.05) is 24.3 Å². The molecule has 1 aromatic rings. The van der Waals surface area contributed by atoms with E-state index < -0.39 is 5.60 Å². The van der Waals surface area contributed by atoms with Crippen LogP contribution in [0.4, 0.5) is 0 Å². The number of rotatable bonds is 7. The molecule has 0 heterocycles. The highest BCUT2D eigenvalue weighted by Crippen LogP contribution is 2.28. The van der Waals surface area contributed by atoms with Crippen molar-refractivity contribution in [1.29, 1.82) is 0 Å². The molecule has 1 aliphatic rings. The van der Waals surface area contributed by atoms with Gasteiger partial charge in [-0.25, -0.2) is 0 Å². The molecule has 0 bridgehead atoms. The molecule has 0 spiro atoms. The molecule has 2 N–H and O–H groups in total. The highest BCUT2D eigenvalue weighted by Gasteiger charge is 2.30. The zero-order valence-corrected chi connectivity index (χ0v) is 11.9. The maximum absolute atomic E-state index is 10.2. The molecule has 0 saturated heterocycles.